The lowest BCUT2D eigenvalue weighted by molar-refractivity contribution is 0.193. The number of aryl methyl sites for hydroxylation is 1. The lowest BCUT2D eigenvalue weighted by Crippen LogP contribution is -2.08. The van der Waals surface area contributed by atoms with E-state index >= 15 is 0 Å². The molecule has 0 aliphatic carbocycles. The second-order valence-corrected chi connectivity index (χ2v) is 6.20. The summed E-state index contributed by atoms with van der Waals surface area (Å²) in [5, 5.41) is 4.44. The van der Waals surface area contributed by atoms with Gasteiger partial charge in [0.15, 0.2) is 0 Å². The zero-order valence-corrected chi connectivity index (χ0v) is 13.8. The SMILES string of the molecule is Cc1nc(NCc2ccc(Cl)c(Cl)c2)cc([C@@H]2CCOC2)n1. The van der Waals surface area contributed by atoms with Crippen molar-refractivity contribution in [1.82, 2.24) is 9.97 Å². The van der Waals surface area contributed by atoms with Gasteiger partial charge in [-0.3, -0.25) is 0 Å². The van der Waals surface area contributed by atoms with Crippen LogP contribution in [0.3, 0.4) is 0 Å². The predicted octanol–water partition coefficient (Wildman–Crippen LogP) is 4.21. The number of ether oxygens (including phenoxy) is 1. The average molecular weight is 338 g/mol. The molecule has 0 bridgehead atoms. The van der Waals surface area contributed by atoms with Crippen molar-refractivity contribution in [2.45, 2.75) is 25.8 Å². The monoisotopic (exact) mass is 337 g/mol. The number of hydrogen-bond acceptors (Lipinski definition) is 4. The Morgan fingerprint density at radius 3 is 2.82 bits per heavy atom. The molecule has 1 fully saturated rings. The largest absolute Gasteiger partial charge is 0.381 e. The van der Waals surface area contributed by atoms with Crippen LogP contribution in [0.15, 0.2) is 24.3 Å². The number of anilines is 1. The predicted molar refractivity (Wildman–Crippen MR) is 88.7 cm³/mol. The van der Waals surface area contributed by atoms with E-state index in [1.165, 1.54) is 0 Å². The Labute approximate surface area is 139 Å². The van der Waals surface area contributed by atoms with Crippen molar-refractivity contribution in [2.24, 2.45) is 0 Å². The molecule has 0 unspecified atom stereocenters. The number of benzene rings is 1. The number of aromatic nitrogens is 2. The van der Waals surface area contributed by atoms with Gasteiger partial charge in [-0.05, 0) is 31.0 Å². The van der Waals surface area contributed by atoms with Gasteiger partial charge in [0.1, 0.15) is 11.6 Å². The summed E-state index contributed by atoms with van der Waals surface area (Å²) in [6, 6.07) is 7.61. The molecule has 1 aromatic heterocycles. The third-order valence-electron chi connectivity index (χ3n) is 3.66. The third kappa shape index (κ3) is 3.69. The van der Waals surface area contributed by atoms with Crippen LogP contribution < -0.4 is 5.32 Å². The van der Waals surface area contributed by atoms with Gasteiger partial charge in [-0.15, -0.1) is 0 Å². The van der Waals surface area contributed by atoms with Crippen LogP contribution in [0.1, 0.15) is 29.4 Å². The molecule has 1 N–H and O–H groups in total. The summed E-state index contributed by atoms with van der Waals surface area (Å²) in [6.07, 6.45) is 1.02. The molecule has 6 heteroatoms. The minimum absolute atomic E-state index is 0.368. The van der Waals surface area contributed by atoms with Crippen LogP contribution in [0, 0.1) is 6.92 Å². The first kappa shape index (κ1) is 15.5. The van der Waals surface area contributed by atoms with Gasteiger partial charge in [-0.1, -0.05) is 29.3 Å². The first-order valence-electron chi connectivity index (χ1n) is 7.23. The van der Waals surface area contributed by atoms with E-state index < -0.39 is 0 Å². The Hall–Kier alpha value is -1.36. The van der Waals surface area contributed by atoms with Gasteiger partial charge < -0.3 is 10.1 Å². The van der Waals surface area contributed by atoms with Crippen LogP contribution in [0.25, 0.3) is 0 Å². The average Bonchev–Trinajstić information content (AvgIpc) is 3.02. The second-order valence-electron chi connectivity index (χ2n) is 5.39. The van der Waals surface area contributed by atoms with Crippen LogP contribution in [-0.4, -0.2) is 23.2 Å². The number of nitrogens with one attached hydrogen (secondary N) is 1. The molecule has 1 aliphatic heterocycles. The highest BCUT2D eigenvalue weighted by Crippen LogP contribution is 2.26. The lowest BCUT2D eigenvalue weighted by atomic mass is 10.0. The van der Waals surface area contributed by atoms with E-state index in [1.807, 2.05) is 25.1 Å². The van der Waals surface area contributed by atoms with E-state index in [9.17, 15) is 0 Å². The van der Waals surface area contributed by atoms with Crippen molar-refractivity contribution < 1.29 is 4.74 Å². The molecule has 1 atom stereocenters. The Morgan fingerprint density at radius 1 is 1.23 bits per heavy atom. The summed E-state index contributed by atoms with van der Waals surface area (Å²) in [5.74, 6) is 1.95. The first-order chi connectivity index (χ1) is 10.6. The third-order valence-corrected chi connectivity index (χ3v) is 4.40. The van der Waals surface area contributed by atoms with Crippen LogP contribution in [-0.2, 0) is 11.3 Å². The highest BCUT2D eigenvalue weighted by atomic mass is 35.5. The first-order valence-corrected chi connectivity index (χ1v) is 7.98. The van der Waals surface area contributed by atoms with E-state index in [0.29, 0.717) is 22.5 Å². The van der Waals surface area contributed by atoms with Crippen molar-refractivity contribution in [3.63, 3.8) is 0 Å². The molecular weight excluding hydrogens is 321 g/mol. The fraction of sp³-hybridized carbons (Fsp3) is 0.375. The Kier molecular flexibility index (Phi) is 4.81. The zero-order chi connectivity index (χ0) is 15.5. The molecule has 22 heavy (non-hydrogen) atoms. The molecule has 3 rings (SSSR count). The molecule has 0 saturated carbocycles. The van der Waals surface area contributed by atoms with Crippen molar-refractivity contribution in [3.05, 3.63) is 51.4 Å². The van der Waals surface area contributed by atoms with E-state index in [0.717, 1.165) is 42.5 Å². The summed E-state index contributed by atoms with van der Waals surface area (Å²) < 4.78 is 5.44. The van der Waals surface area contributed by atoms with Crippen LogP contribution in [0.5, 0.6) is 0 Å². The smallest absolute Gasteiger partial charge is 0.130 e. The van der Waals surface area contributed by atoms with Gasteiger partial charge >= 0.3 is 0 Å². The van der Waals surface area contributed by atoms with Gasteiger partial charge in [0.25, 0.3) is 0 Å². The van der Waals surface area contributed by atoms with Gasteiger partial charge in [-0.25, -0.2) is 9.97 Å². The quantitative estimate of drug-likeness (QED) is 0.907. The molecular formula is C16H17Cl2N3O. The topological polar surface area (TPSA) is 47.0 Å². The molecule has 2 heterocycles. The van der Waals surface area contributed by atoms with E-state index in [-0.39, 0.29) is 0 Å². The van der Waals surface area contributed by atoms with E-state index in [4.69, 9.17) is 27.9 Å². The molecule has 116 valence electrons. The molecule has 1 aromatic carbocycles. The van der Waals surface area contributed by atoms with Crippen LogP contribution in [0.4, 0.5) is 5.82 Å². The number of rotatable bonds is 4. The number of nitrogens with zero attached hydrogens (tertiary/aromatic N) is 2. The molecule has 1 aliphatic rings. The van der Waals surface area contributed by atoms with Crippen molar-refractivity contribution in [2.75, 3.05) is 18.5 Å². The van der Waals surface area contributed by atoms with E-state index in [1.54, 1.807) is 6.07 Å². The molecule has 0 amide bonds. The molecule has 4 nitrogen and oxygen atoms in total. The van der Waals surface area contributed by atoms with Gasteiger partial charge in [0, 0.05) is 25.1 Å². The zero-order valence-electron chi connectivity index (χ0n) is 12.3. The Bertz CT molecular complexity index is 672. The summed E-state index contributed by atoms with van der Waals surface area (Å²) in [6.45, 7) is 4.08. The molecule has 0 spiro atoms. The molecule has 1 saturated heterocycles. The van der Waals surface area contributed by atoms with E-state index in [2.05, 4.69) is 15.3 Å². The Morgan fingerprint density at radius 2 is 2.09 bits per heavy atom. The van der Waals surface area contributed by atoms with Gasteiger partial charge in [0.05, 0.1) is 22.3 Å². The molecule has 0 radical (unpaired) electrons. The highest BCUT2D eigenvalue weighted by molar-refractivity contribution is 6.42. The number of hydrogen-bond donors (Lipinski definition) is 1. The van der Waals surface area contributed by atoms with Crippen molar-refractivity contribution >= 4 is 29.0 Å². The van der Waals surface area contributed by atoms with Crippen molar-refractivity contribution in [1.29, 1.82) is 0 Å². The maximum atomic E-state index is 6.03. The summed E-state index contributed by atoms with van der Waals surface area (Å²) >= 11 is 12.0. The summed E-state index contributed by atoms with van der Waals surface area (Å²) in [7, 11) is 0. The van der Waals surface area contributed by atoms with Gasteiger partial charge in [-0.2, -0.15) is 0 Å². The van der Waals surface area contributed by atoms with Gasteiger partial charge in [0.2, 0.25) is 0 Å². The normalized spacial score (nSPS) is 17.7. The number of halogens is 2. The summed E-state index contributed by atoms with van der Waals surface area (Å²) in [5.41, 5.74) is 2.10. The maximum absolute atomic E-state index is 6.03. The Balaban J connectivity index is 1.72. The van der Waals surface area contributed by atoms with Crippen molar-refractivity contribution in [3.8, 4) is 0 Å². The minimum Gasteiger partial charge on any atom is -0.381 e. The highest BCUT2D eigenvalue weighted by Gasteiger charge is 2.20. The fourth-order valence-electron chi connectivity index (χ4n) is 2.50. The molecule has 2 aromatic rings. The second kappa shape index (κ2) is 6.82. The lowest BCUT2D eigenvalue weighted by Gasteiger charge is -2.12. The maximum Gasteiger partial charge on any atom is 0.130 e. The summed E-state index contributed by atoms with van der Waals surface area (Å²) in [4.78, 5) is 8.97. The van der Waals surface area contributed by atoms with Crippen LogP contribution >= 0.6 is 23.2 Å². The minimum atomic E-state index is 0.368. The fourth-order valence-corrected chi connectivity index (χ4v) is 2.82. The van der Waals surface area contributed by atoms with Crippen LogP contribution in [0.2, 0.25) is 10.0 Å². The standard InChI is InChI=1S/C16H17Cl2N3O/c1-10-20-15(12-4-5-22-9-12)7-16(21-10)19-8-11-2-3-13(17)14(18)6-11/h2-3,6-7,12H,4-5,8-9H2,1H3,(H,19,20,21)/t12-/m1/s1.